The lowest BCUT2D eigenvalue weighted by Gasteiger charge is -2.13. The molecule has 0 aliphatic rings. The molecule has 5 heteroatoms. The molecule has 0 radical (unpaired) electrons. The van der Waals surface area contributed by atoms with Crippen LogP contribution < -0.4 is 4.74 Å². The van der Waals surface area contributed by atoms with Crippen molar-refractivity contribution in [2.75, 3.05) is 13.2 Å². The van der Waals surface area contributed by atoms with Crippen LogP contribution in [0.25, 0.3) is 0 Å². The number of hydrogen-bond donors (Lipinski definition) is 1. The van der Waals surface area contributed by atoms with Crippen molar-refractivity contribution in [3.63, 3.8) is 0 Å². The zero-order valence-electron chi connectivity index (χ0n) is 12.6. The fourth-order valence-electron chi connectivity index (χ4n) is 1.94. The number of unbranched alkanes of at least 4 members (excludes halogenated alkanes) is 2. The number of benzene rings is 1. The first kappa shape index (κ1) is 18.0. The van der Waals surface area contributed by atoms with Crippen LogP contribution in [-0.4, -0.2) is 24.3 Å². The van der Waals surface area contributed by atoms with Crippen molar-refractivity contribution in [3.8, 4) is 5.75 Å². The molecular weight excluding hydrogens is 336 g/mol. The van der Waals surface area contributed by atoms with Crippen LogP contribution in [0.5, 0.6) is 5.75 Å². The molecule has 1 N–H and O–H groups in total. The Hall–Kier alpha value is -1.07. The van der Waals surface area contributed by atoms with Gasteiger partial charge >= 0.3 is 5.97 Å². The Morgan fingerprint density at radius 2 is 2.10 bits per heavy atom. The summed E-state index contributed by atoms with van der Waals surface area (Å²) in [4.78, 5) is 11.2. The second-order valence-corrected chi connectivity index (χ2v) is 5.74. The standard InChI is InChI=1S/C16H23BrO4/c1-3-20-16(19)7-5-4-6-10-21-15-11-13(17)8-9-14(15)12(2)18/h8-9,11-12,18H,3-7,10H2,1-2H3. The van der Waals surface area contributed by atoms with Gasteiger partial charge in [0.05, 0.1) is 19.3 Å². The molecular formula is C16H23BrO4. The van der Waals surface area contributed by atoms with Crippen molar-refractivity contribution in [2.24, 2.45) is 0 Å². The molecule has 1 unspecified atom stereocenters. The molecule has 118 valence electrons. The van der Waals surface area contributed by atoms with E-state index in [-0.39, 0.29) is 5.97 Å². The summed E-state index contributed by atoms with van der Waals surface area (Å²) < 4.78 is 11.5. The van der Waals surface area contributed by atoms with Crippen LogP contribution in [0.15, 0.2) is 22.7 Å². The van der Waals surface area contributed by atoms with Crippen molar-refractivity contribution < 1.29 is 19.4 Å². The molecule has 0 heterocycles. The second-order valence-electron chi connectivity index (χ2n) is 4.82. The van der Waals surface area contributed by atoms with E-state index in [1.165, 1.54) is 0 Å². The topological polar surface area (TPSA) is 55.8 Å². The third kappa shape index (κ3) is 6.96. The summed E-state index contributed by atoms with van der Waals surface area (Å²) in [5, 5.41) is 9.70. The molecule has 0 aliphatic heterocycles. The summed E-state index contributed by atoms with van der Waals surface area (Å²) >= 11 is 3.40. The van der Waals surface area contributed by atoms with Crippen molar-refractivity contribution in [3.05, 3.63) is 28.2 Å². The SMILES string of the molecule is CCOC(=O)CCCCCOc1cc(Br)ccc1C(C)O. The van der Waals surface area contributed by atoms with Gasteiger partial charge in [0.25, 0.3) is 0 Å². The van der Waals surface area contributed by atoms with E-state index in [4.69, 9.17) is 9.47 Å². The lowest BCUT2D eigenvalue weighted by atomic mass is 10.1. The summed E-state index contributed by atoms with van der Waals surface area (Å²) in [5.74, 6) is 0.562. The number of carbonyl (C=O) groups excluding carboxylic acids is 1. The minimum Gasteiger partial charge on any atom is -0.493 e. The molecule has 0 amide bonds. The largest absolute Gasteiger partial charge is 0.493 e. The Bertz CT molecular complexity index is 446. The summed E-state index contributed by atoms with van der Waals surface area (Å²) in [5.41, 5.74) is 0.782. The third-order valence-electron chi connectivity index (χ3n) is 3.01. The molecule has 0 aliphatic carbocycles. The highest BCUT2D eigenvalue weighted by Gasteiger charge is 2.09. The Kier molecular flexibility index (Phi) is 8.38. The number of esters is 1. The predicted molar refractivity (Wildman–Crippen MR) is 85.4 cm³/mol. The van der Waals surface area contributed by atoms with E-state index in [1.807, 2.05) is 25.1 Å². The summed E-state index contributed by atoms with van der Waals surface area (Å²) in [6, 6.07) is 5.60. The molecule has 1 atom stereocenters. The van der Waals surface area contributed by atoms with Gasteiger partial charge in [-0.3, -0.25) is 4.79 Å². The molecule has 0 bridgehead atoms. The summed E-state index contributed by atoms with van der Waals surface area (Å²) in [6.45, 7) is 4.53. The van der Waals surface area contributed by atoms with Gasteiger partial charge in [-0.1, -0.05) is 22.0 Å². The molecule has 21 heavy (non-hydrogen) atoms. The number of carbonyl (C=O) groups is 1. The second kappa shape index (κ2) is 9.79. The molecule has 0 fully saturated rings. The fraction of sp³-hybridized carbons (Fsp3) is 0.562. The molecule has 4 nitrogen and oxygen atoms in total. The van der Waals surface area contributed by atoms with E-state index < -0.39 is 6.10 Å². The number of ether oxygens (including phenoxy) is 2. The summed E-state index contributed by atoms with van der Waals surface area (Å²) in [7, 11) is 0. The highest BCUT2D eigenvalue weighted by Crippen LogP contribution is 2.28. The highest BCUT2D eigenvalue weighted by atomic mass is 79.9. The van der Waals surface area contributed by atoms with Crippen molar-refractivity contribution in [2.45, 2.75) is 45.6 Å². The van der Waals surface area contributed by atoms with Crippen LogP contribution in [0, 0.1) is 0 Å². The quantitative estimate of drug-likeness (QED) is 0.535. The van der Waals surface area contributed by atoms with Crippen LogP contribution in [-0.2, 0) is 9.53 Å². The highest BCUT2D eigenvalue weighted by molar-refractivity contribution is 9.10. The third-order valence-corrected chi connectivity index (χ3v) is 3.51. The Balaban J connectivity index is 2.29. The maximum absolute atomic E-state index is 11.2. The monoisotopic (exact) mass is 358 g/mol. The number of aliphatic hydroxyl groups is 1. The smallest absolute Gasteiger partial charge is 0.305 e. The van der Waals surface area contributed by atoms with Crippen LogP contribution in [0.3, 0.4) is 0 Å². The maximum Gasteiger partial charge on any atom is 0.305 e. The molecule has 0 aromatic heterocycles. The van der Waals surface area contributed by atoms with E-state index in [0.29, 0.717) is 25.4 Å². The molecule has 1 aromatic rings. The van der Waals surface area contributed by atoms with Gasteiger partial charge in [0, 0.05) is 16.5 Å². The lowest BCUT2D eigenvalue weighted by molar-refractivity contribution is -0.143. The predicted octanol–water partition coefficient (Wildman–Crippen LogP) is 4.00. The summed E-state index contributed by atoms with van der Waals surface area (Å²) in [6.07, 6.45) is 2.49. The number of rotatable bonds is 9. The lowest BCUT2D eigenvalue weighted by Crippen LogP contribution is -2.05. The molecule has 1 rings (SSSR count). The first-order valence-electron chi connectivity index (χ1n) is 7.30. The average Bonchev–Trinajstić information content (AvgIpc) is 2.42. The number of aliphatic hydroxyl groups excluding tert-OH is 1. The normalized spacial score (nSPS) is 12.0. The van der Waals surface area contributed by atoms with Gasteiger partial charge in [-0.25, -0.2) is 0 Å². The van der Waals surface area contributed by atoms with Crippen molar-refractivity contribution in [1.82, 2.24) is 0 Å². The Morgan fingerprint density at radius 1 is 1.33 bits per heavy atom. The van der Waals surface area contributed by atoms with E-state index in [1.54, 1.807) is 6.92 Å². The van der Waals surface area contributed by atoms with Crippen LogP contribution >= 0.6 is 15.9 Å². The molecule has 0 saturated heterocycles. The first-order valence-corrected chi connectivity index (χ1v) is 8.09. The van der Waals surface area contributed by atoms with Gasteiger partial charge in [0.15, 0.2) is 0 Å². The van der Waals surface area contributed by atoms with Gasteiger partial charge in [0.1, 0.15) is 5.75 Å². The van der Waals surface area contributed by atoms with Gasteiger partial charge in [-0.05, 0) is 45.2 Å². The van der Waals surface area contributed by atoms with E-state index in [9.17, 15) is 9.90 Å². The van der Waals surface area contributed by atoms with Gasteiger partial charge in [-0.15, -0.1) is 0 Å². The van der Waals surface area contributed by atoms with Crippen LogP contribution in [0.4, 0.5) is 0 Å². The first-order chi connectivity index (χ1) is 10.0. The van der Waals surface area contributed by atoms with Gasteiger partial charge in [0.2, 0.25) is 0 Å². The maximum atomic E-state index is 11.2. The Labute approximate surface area is 134 Å². The fourth-order valence-corrected chi connectivity index (χ4v) is 2.28. The van der Waals surface area contributed by atoms with Crippen molar-refractivity contribution >= 4 is 21.9 Å². The van der Waals surface area contributed by atoms with Gasteiger partial charge < -0.3 is 14.6 Å². The zero-order valence-corrected chi connectivity index (χ0v) is 14.2. The van der Waals surface area contributed by atoms with E-state index >= 15 is 0 Å². The molecule has 0 spiro atoms. The van der Waals surface area contributed by atoms with Gasteiger partial charge in [-0.2, -0.15) is 0 Å². The molecule has 0 saturated carbocycles. The minimum atomic E-state index is -0.558. The van der Waals surface area contributed by atoms with Crippen molar-refractivity contribution in [1.29, 1.82) is 0 Å². The Morgan fingerprint density at radius 3 is 2.76 bits per heavy atom. The van der Waals surface area contributed by atoms with E-state index in [2.05, 4.69) is 15.9 Å². The average molecular weight is 359 g/mol. The van der Waals surface area contributed by atoms with Crippen LogP contribution in [0.1, 0.15) is 51.2 Å². The number of hydrogen-bond acceptors (Lipinski definition) is 4. The zero-order chi connectivity index (χ0) is 15.7. The number of halogens is 1. The molecule has 1 aromatic carbocycles. The van der Waals surface area contributed by atoms with E-state index in [0.717, 1.165) is 29.3 Å². The van der Waals surface area contributed by atoms with Crippen LogP contribution in [0.2, 0.25) is 0 Å². The minimum absolute atomic E-state index is 0.137.